The number of hydrogen-bond acceptors (Lipinski definition) is 6. The van der Waals surface area contributed by atoms with E-state index in [2.05, 4.69) is 41.0 Å². The standard InChI is InChI=1S/C22H33N5O2/c1-5-26-10-6-7-17(26)14-27(12-11-25(3)4)22(28)18-13-19(16-8-9-16)23-21-20(18)15(2)24-29-21/h13,16-17H,5-12,14H2,1-4H3. The van der Waals surface area contributed by atoms with E-state index in [1.54, 1.807) is 0 Å². The molecule has 0 bridgehead atoms. The van der Waals surface area contributed by atoms with Crippen molar-refractivity contribution in [1.29, 1.82) is 0 Å². The summed E-state index contributed by atoms with van der Waals surface area (Å²) in [6.07, 6.45) is 4.64. The molecule has 2 fully saturated rings. The largest absolute Gasteiger partial charge is 0.336 e. The zero-order valence-corrected chi connectivity index (χ0v) is 18.1. The van der Waals surface area contributed by atoms with Gasteiger partial charge in [-0.3, -0.25) is 9.69 Å². The first-order valence-corrected chi connectivity index (χ1v) is 10.9. The molecule has 0 N–H and O–H groups in total. The maximum absolute atomic E-state index is 13.8. The summed E-state index contributed by atoms with van der Waals surface area (Å²) in [6, 6.07) is 2.44. The van der Waals surface area contributed by atoms with Crippen molar-refractivity contribution in [3.63, 3.8) is 0 Å². The number of carbonyl (C=O) groups excluding carboxylic acids is 1. The molecular formula is C22H33N5O2. The summed E-state index contributed by atoms with van der Waals surface area (Å²) in [4.78, 5) is 25.1. The zero-order valence-electron chi connectivity index (χ0n) is 18.1. The van der Waals surface area contributed by atoms with Gasteiger partial charge in [-0.25, -0.2) is 4.98 Å². The minimum atomic E-state index is 0.0791. The molecule has 1 saturated heterocycles. The van der Waals surface area contributed by atoms with Crippen LogP contribution in [0.3, 0.4) is 0 Å². The highest BCUT2D eigenvalue weighted by Gasteiger charge is 2.32. The molecule has 1 aliphatic heterocycles. The lowest BCUT2D eigenvalue weighted by atomic mass is 10.1. The maximum atomic E-state index is 13.8. The predicted molar refractivity (Wildman–Crippen MR) is 113 cm³/mol. The Labute approximate surface area is 173 Å². The Hall–Kier alpha value is -1.99. The molecule has 0 spiro atoms. The molecule has 3 heterocycles. The van der Waals surface area contributed by atoms with Gasteiger partial charge in [0.1, 0.15) is 0 Å². The monoisotopic (exact) mass is 399 g/mol. The SMILES string of the molecule is CCN1CCCC1CN(CCN(C)C)C(=O)c1cc(C2CC2)nc2onc(C)c12. The molecule has 0 radical (unpaired) electrons. The van der Waals surface area contributed by atoms with E-state index >= 15 is 0 Å². The van der Waals surface area contributed by atoms with Crippen molar-refractivity contribution >= 4 is 17.0 Å². The lowest BCUT2D eigenvalue weighted by Crippen LogP contribution is -2.45. The van der Waals surface area contributed by atoms with Gasteiger partial charge in [0, 0.05) is 37.3 Å². The zero-order chi connectivity index (χ0) is 20.5. The Kier molecular flexibility index (Phi) is 5.88. The summed E-state index contributed by atoms with van der Waals surface area (Å²) in [5, 5.41) is 4.87. The van der Waals surface area contributed by atoms with Crippen molar-refractivity contribution < 1.29 is 9.32 Å². The van der Waals surface area contributed by atoms with Gasteiger partial charge >= 0.3 is 0 Å². The minimum Gasteiger partial charge on any atom is -0.336 e. The fourth-order valence-electron chi connectivity index (χ4n) is 4.41. The van der Waals surface area contributed by atoms with Crippen molar-refractivity contribution in [3.05, 3.63) is 23.0 Å². The molecule has 7 heteroatoms. The van der Waals surface area contributed by atoms with Crippen LogP contribution in [0.25, 0.3) is 11.1 Å². The number of nitrogens with zero attached hydrogens (tertiary/aromatic N) is 5. The lowest BCUT2D eigenvalue weighted by Gasteiger charge is -2.31. The quantitative estimate of drug-likeness (QED) is 0.680. The molecule has 1 amide bonds. The number of aromatic nitrogens is 2. The molecule has 1 aliphatic carbocycles. The van der Waals surface area contributed by atoms with E-state index in [-0.39, 0.29) is 5.91 Å². The van der Waals surface area contributed by atoms with Crippen LogP contribution in [0, 0.1) is 6.92 Å². The first kappa shape index (κ1) is 20.3. The topological polar surface area (TPSA) is 65.7 Å². The van der Waals surface area contributed by atoms with Crippen molar-refractivity contribution in [2.24, 2.45) is 0 Å². The van der Waals surface area contributed by atoms with Gasteiger partial charge in [0.25, 0.3) is 11.6 Å². The number of carbonyl (C=O) groups is 1. The van der Waals surface area contributed by atoms with Crippen LogP contribution in [-0.4, -0.2) is 83.6 Å². The number of amides is 1. The second-order valence-corrected chi connectivity index (χ2v) is 8.80. The molecule has 2 aliphatic rings. The first-order chi connectivity index (χ1) is 14.0. The van der Waals surface area contributed by atoms with E-state index in [4.69, 9.17) is 4.52 Å². The number of hydrogen-bond donors (Lipinski definition) is 0. The Morgan fingerprint density at radius 3 is 2.76 bits per heavy atom. The third-order valence-corrected chi connectivity index (χ3v) is 6.30. The van der Waals surface area contributed by atoms with Gasteiger partial charge in [0.2, 0.25) is 0 Å². The van der Waals surface area contributed by atoms with Crippen LogP contribution in [0.5, 0.6) is 0 Å². The van der Waals surface area contributed by atoms with Crippen LogP contribution < -0.4 is 0 Å². The predicted octanol–water partition coefficient (Wildman–Crippen LogP) is 2.90. The fourth-order valence-corrected chi connectivity index (χ4v) is 4.41. The highest BCUT2D eigenvalue weighted by atomic mass is 16.5. The number of likely N-dealkylation sites (tertiary alicyclic amines) is 1. The van der Waals surface area contributed by atoms with Crippen LogP contribution >= 0.6 is 0 Å². The second-order valence-electron chi connectivity index (χ2n) is 8.80. The molecule has 4 rings (SSSR count). The second kappa shape index (κ2) is 8.40. The van der Waals surface area contributed by atoms with E-state index in [1.807, 2.05) is 17.9 Å². The molecule has 1 saturated carbocycles. The van der Waals surface area contributed by atoms with Crippen molar-refractivity contribution in [2.75, 3.05) is 46.8 Å². The van der Waals surface area contributed by atoms with Gasteiger partial charge < -0.3 is 14.3 Å². The first-order valence-electron chi connectivity index (χ1n) is 10.9. The van der Waals surface area contributed by atoms with Gasteiger partial charge in [0.15, 0.2) is 0 Å². The highest BCUT2D eigenvalue weighted by Crippen LogP contribution is 2.40. The number of pyridine rings is 1. The highest BCUT2D eigenvalue weighted by molar-refractivity contribution is 6.06. The maximum Gasteiger partial charge on any atom is 0.259 e. The molecule has 158 valence electrons. The summed E-state index contributed by atoms with van der Waals surface area (Å²) in [6.45, 7) is 8.60. The third-order valence-electron chi connectivity index (χ3n) is 6.30. The molecule has 7 nitrogen and oxygen atoms in total. The molecule has 1 unspecified atom stereocenters. The molecule has 29 heavy (non-hydrogen) atoms. The minimum absolute atomic E-state index is 0.0791. The Balaban J connectivity index is 1.66. The van der Waals surface area contributed by atoms with Crippen LogP contribution in [0.15, 0.2) is 10.6 Å². The van der Waals surface area contributed by atoms with Crippen molar-refractivity contribution in [2.45, 2.75) is 51.5 Å². The number of rotatable bonds is 8. The third kappa shape index (κ3) is 4.31. The summed E-state index contributed by atoms with van der Waals surface area (Å²) >= 11 is 0. The number of aryl methyl sites for hydroxylation is 1. The van der Waals surface area contributed by atoms with Crippen molar-refractivity contribution in [3.8, 4) is 0 Å². The Bertz CT molecular complexity index is 873. The Morgan fingerprint density at radius 2 is 2.07 bits per heavy atom. The normalized spacial score (nSPS) is 20.1. The smallest absolute Gasteiger partial charge is 0.259 e. The van der Waals surface area contributed by atoms with Gasteiger partial charge in [-0.1, -0.05) is 12.1 Å². The van der Waals surface area contributed by atoms with Gasteiger partial charge in [-0.05, 0) is 65.9 Å². The molecule has 2 aromatic rings. The summed E-state index contributed by atoms with van der Waals surface area (Å²) in [7, 11) is 4.10. The van der Waals surface area contributed by atoms with Crippen LogP contribution in [0.1, 0.15) is 60.3 Å². The average molecular weight is 400 g/mol. The number of likely N-dealkylation sites (N-methyl/N-ethyl adjacent to an activating group) is 2. The Morgan fingerprint density at radius 1 is 1.28 bits per heavy atom. The van der Waals surface area contributed by atoms with Crippen LogP contribution in [-0.2, 0) is 0 Å². The van der Waals surface area contributed by atoms with E-state index < -0.39 is 0 Å². The summed E-state index contributed by atoms with van der Waals surface area (Å²) in [5.41, 5.74) is 2.91. The van der Waals surface area contributed by atoms with Gasteiger partial charge in [-0.15, -0.1) is 0 Å². The summed E-state index contributed by atoms with van der Waals surface area (Å²) in [5.74, 6) is 0.535. The average Bonchev–Trinajstić information content (AvgIpc) is 3.36. The van der Waals surface area contributed by atoms with Gasteiger partial charge in [0.05, 0.1) is 16.6 Å². The molecular weight excluding hydrogens is 366 g/mol. The lowest BCUT2D eigenvalue weighted by molar-refractivity contribution is 0.0696. The van der Waals surface area contributed by atoms with E-state index in [1.165, 1.54) is 6.42 Å². The van der Waals surface area contributed by atoms with Crippen LogP contribution in [0.2, 0.25) is 0 Å². The van der Waals surface area contributed by atoms with E-state index in [9.17, 15) is 4.79 Å². The number of fused-ring (bicyclic) bond motifs is 1. The molecule has 0 aromatic carbocycles. The molecule has 1 atom stereocenters. The summed E-state index contributed by atoms with van der Waals surface area (Å²) < 4.78 is 5.46. The fraction of sp³-hybridized carbons (Fsp3) is 0.682. The van der Waals surface area contributed by atoms with Gasteiger partial charge in [-0.2, -0.15) is 0 Å². The van der Waals surface area contributed by atoms with E-state index in [0.717, 1.165) is 62.2 Å². The van der Waals surface area contributed by atoms with Crippen molar-refractivity contribution in [1.82, 2.24) is 24.8 Å². The molecule has 2 aromatic heterocycles. The van der Waals surface area contributed by atoms with E-state index in [0.29, 0.717) is 29.8 Å². The van der Waals surface area contributed by atoms with Crippen LogP contribution in [0.4, 0.5) is 0 Å².